The van der Waals surface area contributed by atoms with E-state index in [2.05, 4.69) is 4.90 Å². The molecule has 1 unspecified atom stereocenters. The van der Waals surface area contributed by atoms with Crippen molar-refractivity contribution >= 4 is 39.9 Å². The fraction of sp³-hybridized carbons (Fsp3) is 0.429. The van der Waals surface area contributed by atoms with Crippen LogP contribution in [0.3, 0.4) is 0 Å². The maximum atomic E-state index is 14.0. The van der Waals surface area contributed by atoms with Gasteiger partial charge in [-0.1, -0.05) is 43.6 Å². The Hall–Kier alpha value is -1.03. The average molecular weight is 539 g/mol. The molecule has 0 spiro atoms. The van der Waals surface area contributed by atoms with E-state index in [1.54, 1.807) is 30.3 Å². The molecule has 1 N–H and O–H groups in total. The number of rotatable bonds is 6. The van der Waals surface area contributed by atoms with Gasteiger partial charge in [-0.05, 0) is 53.9 Å². The number of hydrogen-bond donors (Lipinski definition) is 1. The van der Waals surface area contributed by atoms with Gasteiger partial charge < -0.3 is 14.9 Å². The second kappa shape index (κ2) is 8.61. The van der Waals surface area contributed by atoms with Crippen molar-refractivity contribution in [3.63, 3.8) is 0 Å². The molecule has 0 bridgehead atoms. The van der Waals surface area contributed by atoms with Crippen LogP contribution in [0.15, 0.2) is 36.4 Å². The van der Waals surface area contributed by atoms with Crippen LogP contribution in [-0.2, 0) is 11.8 Å². The second-order valence-corrected chi connectivity index (χ2v) is 8.79. The van der Waals surface area contributed by atoms with E-state index in [4.69, 9.17) is 11.6 Å². The summed E-state index contributed by atoms with van der Waals surface area (Å²) in [5, 5.41) is 11.9. The molecule has 2 aromatic rings. The molecular weight excluding hydrogens is 516 g/mol. The molecule has 3 nitrogen and oxygen atoms in total. The van der Waals surface area contributed by atoms with Crippen LogP contribution in [0.25, 0.3) is 0 Å². The minimum absolute atomic E-state index is 0.0243. The molecule has 0 fully saturated rings. The largest absolute Gasteiger partial charge is 0.416 e. The molecule has 1 aliphatic heterocycles. The Labute approximate surface area is 187 Å². The van der Waals surface area contributed by atoms with Gasteiger partial charge in [0, 0.05) is 38.5 Å². The SMILES string of the molecule is CCN(CC)CCN1CC(O)(c2ccccc2Cl)c2c1cc(I)cc2C(F)(F)F. The summed E-state index contributed by atoms with van der Waals surface area (Å²) in [7, 11) is 0. The minimum Gasteiger partial charge on any atom is -0.378 e. The number of benzene rings is 2. The van der Waals surface area contributed by atoms with Crippen molar-refractivity contribution < 1.29 is 18.3 Å². The molecule has 0 aliphatic carbocycles. The first kappa shape index (κ1) is 22.7. The van der Waals surface area contributed by atoms with Gasteiger partial charge in [-0.3, -0.25) is 0 Å². The quantitative estimate of drug-likeness (QED) is 0.502. The van der Waals surface area contributed by atoms with Crippen molar-refractivity contribution in [2.45, 2.75) is 25.6 Å². The Morgan fingerprint density at radius 2 is 1.86 bits per heavy atom. The smallest absolute Gasteiger partial charge is 0.378 e. The van der Waals surface area contributed by atoms with Crippen LogP contribution in [0.2, 0.25) is 5.02 Å². The lowest BCUT2D eigenvalue weighted by Gasteiger charge is -2.29. The monoisotopic (exact) mass is 538 g/mol. The van der Waals surface area contributed by atoms with E-state index < -0.39 is 17.3 Å². The topological polar surface area (TPSA) is 26.7 Å². The zero-order valence-corrected chi connectivity index (χ0v) is 19.1. The fourth-order valence-corrected chi connectivity index (χ4v) is 4.86. The van der Waals surface area contributed by atoms with Crippen molar-refractivity contribution in [1.29, 1.82) is 0 Å². The normalized spacial score (nSPS) is 19.1. The summed E-state index contributed by atoms with van der Waals surface area (Å²) in [6, 6.07) is 9.36. The lowest BCUT2D eigenvalue weighted by Crippen LogP contribution is -2.39. The van der Waals surface area contributed by atoms with E-state index >= 15 is 0 Å². The summed E-state index contributed by atoms with van der Waals surface area (Å²) >= 11 is 8.20. The standard InChI is InChI=1S/C21H23ClF3IN2O/c1-3-27(4-2)9-10-28-13-20(29,15-7-5-6-8-17(15)22)19-16(21(23,24)25)11-14(26)12-18(19)28/h5-8,11-12,29H,3-4,9-10,13H2,1-2H3. The summed E-state index contributed by atoms with van der Waals surface area (Å²) in [6.07, 6.45) is -4.59. The molecule has 2 aromatic carbocycles. The van der Waals surface area contributed by atoms with E-state index in [9.17, 15) is 18.3 Å². The Balaban J connectivity index is 2.16. The number of anilines is 1. The van der Waals surface area contributed by atoms with E-state index in [0.717, 1.165) is 19.2 Å². The molecule has 29 heavy (non-hydrogen) atoms. The van der Waals surface area contributed by atoms with Crippen LogP contribution in [0.1, 0.15) is 30.5 Å². The highest BCUT2D eigenvalue weighted by molar-refractivity contribution is 14.1. The molecule has 3 rings (SSSR count). The maximum absolute atomic E-state index is 14.0. The van der Waals surface area contributed by atoms with Gasteiger partial charge in [0.2, 0.25) is 0 Å². The predicted molar refractivity (Wildman–Crippen MR) is 119 cm³/mol. The van der Waals surface area contributed by atoms with Gasteiger partial charge in [-0.25, -0.2) is 0 Å². The van der Waals surface area contributed by atoms with E-state index in [1.807, 2.05) is 41.3 Å². The molecule has 0 saturated heterocycles. The third-order valence-electron chi connectivity index (χ3n) is 5.46. The Morgan fingerprint density at radius 3 is 2.45 bits per heavy atom. The summed E-state index contributed by atoms with van der Waals surface area (Å²) in [6.45, 7) is 7.03. The number of fused-ring (bicyclic) bond motifs is 1. The van der Waals surface area contributed by atoms with Gasteiger partial charge in [0.1, 0.15) is 5.60 Å². The van der Waals surface area contributed by atoms with Crippen LogP contribution < -0.4 is 4.90 Å². The molecule has 0 aromatic heterocycles. The number of nitrogens with zero attached hydrogens (tertiary/aromatic N) is 2. The van der Waals surface area contributed by atoms with Crippen molar-refractivity contribution in [2.24, 2.45) is 0 Å². The lowest BCUT2D eigenvalue weighted by atomic mass is 9.85. The third-order valence-corrected chi connectivity index (χ3v) is 6.41. The van der Waals surface area contributed by atoms with Crippen molar-refractivity contribution in [3.8, 4) is 0 Å². The molecule has 1 heterocycles. The predicted octanol–water partition coefficient (Wildman–Crippen LogP) is 5.36. The molecule has 1 atom stereocenters. The molecule has 0 radical (unpaired) electrons. The van der Waals surface area contributed by atoms with Gasteiger partial charge in [-0.2, -0.15) is 13.2 Å². The van der Waals surface area contributed by atoms with Crippen LogP contribution in [-0.4, -0.2) is 42.7 Å². The van der Waals surface area contributed by atoms with E-state index in [0.29, 0.717) is 27.9 Å². The first-order valence-corrected chi connectivity index (χ1v) is 10.9. The van der Waals surface area contributed by atoms with Crippen LogP contribution in [0, 0.1) is 3.57 Å². The Bertz CT molecular complexity index is 889. The summed E-state index contributed by atoms with van der Waals surface area (Å²) in [4.78, 5) is 4.04. The maximum Gasteiger partial charge on any atom is 0.416 e. The van der Waals surface area contributed by atoms with Crippen molar-refractivity contribution in [2.75, 3.05) is 37.6 Å². The van der Waals surface area contributed by atoms with Crippen LogP contribution in [0.4, 0.5) is 18.9 Å². The number of halogens is 5. The van der Waals surface area contributed by atoms with Crippen molar-refractivity contribution in [3.05, 3.63) is 61.7 Å². The van der Waals surface area contributed by atoms with Gasteiger partial charge in [0.15, 0.2) is 0 Å². The molecule has 158 valence electrons. The molecule has 1 aliphatic rings. The molecule has 0 amide bonds. The highest BCUT2D eigenvalue weighted by atomic mass is 127. The average Bonchev–Trinajstić information content (AvgIpc) is 2.94. The highest BCUT2D eigenvalue weighted by Crippen LogP contribution is 2.51. The van der Waals surface area contributed by atoms with Gasteiger partial charge in [0.05, 0.1) is 12.1 Å². The minimum atomic E-state index is -4.59. The molecular formula is C21H23ClF3IN2O. The van der Waals surface area contributed by atoms with Crippen LogP contribution >= 0.6 is 34.2 Å². The zero-order valence-electron chi connectivity index (χ0n) is 16.2. The molecule has 8 heteroatoms. The van der Waals surface area contributed by atoms with Gasteiger partial charge in [-0.15, -0.1) is 0 Å². The summed E-state index contributed by atoms with van der Waals surface area (Å²) in [5.41, 5.74) is -2.06. The lowest BCUT2D eigenvalue weighted by molar-refractivity contribution is -0.139. The highest BCUT2D eigenvalue weighted by Gasteiger charge is 2.50. The number of β-amino-alcohol motifs (C(OH)–C–C–N with tert-alkyl or cyclic N) is 1. The van der Waals surface area contributed by atoms with E-state index in [1.165, 1.54) is 0 Å². The Kier molecular flexibility index (Phi) is 6.72. The first-order valence-electron chi connectivity index (χ1n) is 9.47. The first-order chi connectivity index (χ1) is 13.6. The third kappa shape index (κ3) is 4.38. The summed E-state index contributed by atoms with van der Waals surface area (Å²) in [5.74, 6) is 0. The fourth-order valence-electron chi connectivity index (χ4n) is 3.96. The van der Waals surface area contributed by atoms with Gasteiger partial charge >= 0.3 is 6.18 Å². The number of likely N-dealkylation sites (N-methyl/N-ethyl adjacent to an activating group) is 1. The number of aliphatic hydroxyl groups is 1. The van der Waals surface area contributed by atoms with Crippen molar-refractivity contribution in [1.82, 2.24) is 4.90 Å². The second-order valence-electron chi connectivity index (χ2n) is 7.13. The molecule has 0 saturated carbocycles. The van der Waals surface area contributed by atoms with Crippen LogP contribution in [0.5, 0.6) is 0 Å². The Morgan fingerprint density at radius 1 is 1.21 bits per heavy atom. The number of hydrogen-bond acceptors (Lipinski definition) is 3. The zero-order chi connectivity index (χ0) is 21.4. The van der Waals surface area contributed by atoms with E-state index in [-0.39, 0.29) is 17.1 Å². The number of alkyl halides is 3. The van der Waals surface area contributed by atoms with Gasteiger partial charge in [0.25, 0.3) is 0 Å². The summed E-state index contributed by atoms with van der Waals surface area (Å²) < 4.78 is 42.4.